The average molecular weight is 352 g/mol. The summed E-state index contributed by atoms with van der Waals surface area (Å²) in [5, 5.41) is 0. The number of rotatable bonds is 4. The van der Waals surface area contributed by atoms with Crippen molar-refractivity contribution in [3.63, 3.8) is 0 Å². The molecule has 5 heteroatoms. The summed E-state index contributed by atoms with van der Waals surface area (Å²) in [6.45, 7) is 6.99. The predicted octanol–water partition coefficient (Wildman–Crippen LogP) is 2.73. The maximum absolute atomic E-state index is 6.35. The lowest BCUT2D eigenvalue weighted by molar-refractivity contribution is -0.118. The van der Waals surface area contributed by atoms with Gasteiger partial charge in [-0.1, -0.05) is 12.1 Å². The standard InChI is InChI=1S/C21H28N4O/c1-2-10-23-20(6-1)17-24-11-4-7-21(8-12-24)18-25(13-14-26-21)16-19-5-3-9-22-15-19/h1-3,5-6,9-10,15H,4,7-8,11-14,16-18H2/t21-/m1/s1. The number of hydrogen-bond acceptors (Lipinski definition) is 5. The second-order valence-electron chi connectivity index (χ2n) is 7.55. The van der Waals surface area contributed by atoms with Gasteiger partial charge in [-0.25, -0.2) is 0 Å². The van der Waals surface area contributed by atoms with Crippen LogP contribution in [0.25, 0.3) is 0 Å². The van der Waals surface area contributed by atoms with E-state index in [-0.39, 0.29) is 5.60 Å². The van der Waals surface area contributed by atoms with Crippen LogP contribution in [0, 0.1) is 0 Å². The minimum absolute atomic E-state index is 0.0132. The van der Waals surface area contributed by atoms with Gasteiger partial charge in [0.15, 0.2) is 0 Å². The van der Waals surface area contributed by atoms with Gasteiger partial charge in [0.2, 0.25) is 0 Å². The van der Waals surface area contributed by atoms with E-state index in [1.165, 1.54) is 12.0 Å². The van der Waals surface area contributed by atoms with Gasteiger partial charge in [-0.15, -0.1) is 0 Å². The van der Waals surface area contributed by atoms with Crippen LogP contribution in [-0.4, -0.2) is 58.2 Å². The highest BCUT2D eigenvalue weighted by atomic mass is 16.5. The second-order valence-corrected chi connectivity index (χ2v) is 7.55. The van der Waals surface area contributed by atoms with Gasteiger partial charge in [0.05, 0.1) is 17.9 Å². The third-order valence-electron chi connectivity index (χ3n) is 5.56. The van der Waals surface area contributed by atoms with E-state index in [1.54, 1.807) is 0 Å². The van der Waals surface area contributed by atoms with Crippen LogP contribution in [0.5, 0.6) is 0 Å². The van der Waals surface area contributed by atoms with Gasteiger partial charge in [-0.05, 0) is 49.6 Å². The maximum Gasteiger partial charge on any atom is 0.0822 e. The van der Waals surface area contributed by atoms with Gasteiger partial charge >= 0.3 is 0 Å². The Morgan fingerprint density at radius 3 is 2.81 bits per heavy atom. The first kappa shape index (κ1) is 17.6. The highest BCUT2D eigenvalue weighted by Gasteiger charge is 2.38. The minimum atomic E-state index is 0.0132. The zero-order valence-corrected chi connectivity index (χ0v) is 15.4. The molecule has 0 N–H and O–H groups in total. The first-order valence-electron chi connectivity index (χ1n) is 9.69. The van der Waals surface area contributed by atoms with Crippen molar-refractivity contribution in [3.8, 4) is 0 Å². The lowest BCUT2D eigenvalue weighted by Crippen LogP contribution is -2.51. The summed E-state index contributed by atoms with van der Waals surface area (Å²) in [6, 6.07) is 10.4. The predicted molar refractivity (Wildman–Crippen MR) is 102 cm³/mol. The molecule has 0 unspecified atom stereocenters. The van der Waals surface area contributed by atoms with Crippen LogP contribution < -0.4 is 0 Å². The van der Waals surface area contributed by atoms with E-state index in [0.29, 0.717) is 0 Å². The Labute approximate surface area is 156 Å². The molecule has 138 valence electrons. The first-order chi connectivity index (χ1) is 12.8. The maximum atomic E-state index is 6.35. The molecular weight excluding hydrogens is 324 g/mol. The summed E-state index contributed by atoms with van der Waals surface area (Å²) in [4.78, 5) is 13.8. The topological polar surface area (TPSA) is 41.5 Å². The Morgan fingerprint density at radius 1 is 0.962 bits per heavy atom. The first-order valence-corrected chi connectivity index (χ1v) is 9.69. The van der Waals surface area contributed by atoms with Crippen molar-refractivity contribution in [2.75, 3.05) is 32.8 Å². The van der Waals surface area contributed by atoms with Crippen LogP contribution in [0.2, 0.25) is 0 Å². The molecule has 2 aromatic heterocycles. The molecule has 0 bridgehead atoms. The zero-order chi connectivity index (χ0) is 17.7. The molecule has 0 saturated carbocycles. The molecule has 0 amide bonds. The number of likely N-dealkylation sites (tertiary alicyclic amines) is 1. The van der Waals surface area contributed by atoms with E-state index in [1.807, 2.05) is 30.7 Å². The molecule has 1 atom stereocenters. The molecule has 26 heavy (non-hydrogen) atoms. The molecule has 0 aliphatic carbocycles. The van der Waals surface area contributed by atoms with Gasteiger partial charge in [0.25, 0.3) is 0 Å². The fraction of sp³-hybridized carbons (Fsp3) is 0.524. The number of aromatic nitrogens is 2. The summed E-state index contributed by atoms with van der Waals surface area (Å²) >= 11 is 0. The highest BCUT2D eigenvalue weighted by molar-refractivity contribution is 5.09. The monoisotopic (exact) mass is 352 g/mol. The molecule has 5 nitrogen and oxygen atoms in total. The second kappa shape index (κ2) is 8.25. The molecule has 2 saturated heterocycles. The normalized spacial score (nSPS) is 25.2. The van der Waals surface area contributed by atoms with Crippen LogP contribution in [0.4, 0.5) is 0 Å². The van der Waals surface area contributed by atoms with Crippen LogP contribution in [0.1, 0.15) is 30.5 Å². The Hall–Kier alpha value is -1.82. The molecule has 2 aromatic rings. The SMILES string of the molecule is c1ccc(CN2CCC[C@@]3(CC2)CN(Cc2cccnc2)CCO3)nc1. The van der Waals surface area contributed by atoms with Gasteiger partial charge in [-0.3, -0.25) is 19.8 Å². The van der Waals surface area contributed by atoms with Crippen LogP contribution in [0.3, 0.4) is 0 Å². The highest BCUT2D eigenvalue weighted by Crippen LogP contribution is 2.31. The lowest BCUT2D eigenvalue weighted by Gasteiger charge is -2.42. The smallest absolute Gasteiger partial charge is 0.0822 e. The summed E-state index contributed by atoms with van der Waals surface area (Å²) in [5.74, 6) is 0. The number of nitrogens with zero attached hydrogens (tertiary/aromatic N) is 4. The van der Waals surface area contributed by atoms with Crippen molar-refractivity contribution in [3.05, 3.63) is 60.2 Å². The van der Waals surface area contributed by atoms with Gasteiger partial charge in [0.1, 0.15) is 0 Å². The van der Waals surface area contributed by atoms with E-state index >= 15 is 0 Å². The van der Waals surface area contributed by atoms with Gasteiger partial charge < -0.3 is 4.74 Å². The van der Waals surface area contributed by atoms with Crippen molar-refractivity contribution in [2.24, 2.45) is 0 Å². The molecule has 2 aliphatic rings. The van der Waals surface area contributed by atoms with E-state index in [0.717, 1.165) is 64.4 Å². The fourth-order valence-electron chi connectivity index (χ4n) is 4.21. The number of ether oxygens (including phenoxy) is 1. The van der Waals surface area contributed by atoms with Crippen molar-refractivity contribution in [1.29, 1.82) is 0 Å². The zero-order valence-electron chi connectivity index (χ0n) is 15.4. The molecule has 2 aliphatic heterocycles. The summed E-state index contributed by atoms with van der Waals surface area (Å²) in [7, 11) is 0. The van der Waals surface area contributed by atoms with Crippen LogP contribution >= 0.6 is 0 Å². The van der Waals surface area contributed by atoms with Crippen molar-refractivity contribution in [2.45, 2.75) is 38.0 Å². The van der Waals surface area contributed by atoms with E-state index < -0.39 is 0 Å². The van der Waals surface area contributed by atoms with Crippen molar-refractivity contribution in [1.82, 2.24) is 19.8 Å². The third kappa shape index (κ3) is 4.47. The Morgan fingerprint density at radius 2 is 1.96 bits per heavy atom. The minimum Gasteiger partial charge on any atom is -0.372 e. The molecule has 0 aromatic carbocycles. The molecule has 4 rings (SSSR count). The van der Waals surface area contributed by atoms with Gasteiger partial charge in [0, 0.05) is 51.3 Å². The van der Waals surface area contributed by atoms with Gasteiger partial charge in [-0.2, -0.15) is 0 Å². The number of hydrogen-bond donors (Lipinski definition) is 0. The summed E-state index contributed by atoms with van der Waals surface area (Å²) < 4.78 is 6.35. The molecule has 1 spiro atoms. The van der Waals surface area contributed by atoms with Crippen LogP contribution in [-0.2, 0) is 17.8 Å². The van der Waals surface area contributed by atoms with E-state index in [2.05, 4.69) is 38.0 Å². The van der Waals surface area contributed by atoms with Crippen molar-refractivity contribution >= 4 is 0 Å². The van der Waals surface area contributed by atoms with E-state index in [9.17, 15) is 0 Å². The quantitative estimate of drug-likeness (QED) is 0.846. The molecule has 2 fully saturated rings. The third-order valence-corrected chi connectivity index (χ3v) is 5.56. The fourth-order valence-corrected chi connectivity index (χ4v) is 4.21. The summed E-state index contributed by atoms with van der Waals surface area (Å²) in [5.41, 5.74) is 2.46. The lowest BCUT2D eigenvalue weighted by atomic mass is 9.92. The number of morpholine rings is 1. The van der Waals surface area contributed by atoms with E-state index in [4.69, 9.17) is 4.74 Å². The van der Waals surface area contributed by atoms with Crippen LogP contribution in [0.15, 0.2) is 48.9 Å². The Bertz CT molecular complexity index is 681. The summed E-state index contributed by atoms with van der Waals surface area (Å²) in [6.07, 6.45) is 9.14. The Balaban J connectivity index is 1.36. The Kier molecular flexibility index (Phi) is 5.58. The molecule has 4 heterocycles. The van der Waals surface area contributed by atoms with Crippen molar-refractivity contribution < 1.29 is 4.74 Å². The molecular formula is C21H28N4O. The molecule has 0 radical (unpaired) electrons. The largest absolute Gasteiger partial charge is 0.372 e. The average Bonchev–Trinajstić information content (AvgIpc) is 2.86. The number of pyridine rings is 2.